The van der Waals surface area contributed by atoms with E-state index in [0.29, 0.717) is 41.2 Å². The number of carbonyl (C=O) groups is 2. The molecule has 0 atom stereocenters. The van der Waals surface area contributed by atoms with E-state index in [1.807, 2.05) is 19.1 Å². The third-order valence-corrected chi connectivity index (χ3v) is 7.75. The number of alkyl halides is 3. The molecule has 0 radical (unpaired) electrons. The Balaban J connectivity index is 1.31. The molecule has 1 aromatic carbocycles. The van der Waals surface area contributed by atoms with Crippen LogP contribution < -0.4 is 15.8 Å². The Labute approximate surface area is 303 Å². The van der Waals surface area contributed by atoms with Crippen LogP contribution in [0.4, 0.5) is 34.4 Å². The standard InChI is InChI=1S/C37H41F3N8O5/c1-22-15-29(48(33(50)52-35(3,4)5)34(51)53-36(6,7)8)44-23(2)27(22)16-41-31-28-20-47(45-32(28)43-21-42-31)18-25-11-9-24(10-12-25)17-46-19-26(37(38,39)40)13-14-30(46)49/h9-15,19-21H,16-18H2,1-8H3,(H,41,42,43,45). The minimum Gasteiger partial charge on any atom is -0.443 e. The van der Waals surface area contributed by atoms with Gasteiger partial charge in [0, 0.05) is 30.7 Å². The van der Waals surface area contributed by atoms with Crippen molar-refractivity contribution in [3.05, 3.63) is 105 Å². The van der Waals surface area contributed by atoms with Crippen LogP contribution in [-0.2, 0) is 35.3 Å². The average Bonchev–Trinajstić information content (AvgIpc) is 3.43. The quantitative estimate of drug-likeness (QED) is 0.171. The topological polar surface area (TPSA) is 146 Å². The van der Waals surface area contributed by atoms with E-state index in [4.69, 9.17) is 9.47 Å². The molecule has 0 aliphatic carbocycles. The van der Waals surface area contributed by atoms with Crippen molar-refractivity contribution in [1.82, 2.24) is 29.3 Å². The van der Waals surface area contributed by atoms with Gasteiger partial charge in [0.25, 0.3) is 5.56 Å². The van der Waals surface area contributed by atoms with Crippen molar-refractivity contribution >= 4 is 34.9 Å². The normalized spacial score (nSPS) is 12.1. The van der Waals surface area contributed by atoms with E-state index in [9.17, 15) is 27.6 Å². The fourth-order valence-electron chi connectivity index (χ4n) is 5.33. The monoisotopic (exact) mass is 734 g/mol. The molecule has 0 spiro atoms. The third kappa shape index (κ3) is 9.75. The van der Waals surface area contributed by atoms with Gasteiger partial charge in [-0.2, -0.15) is 23.2 Å². The Morgan fingerprint density at radius 2 is 1.45 bits per heavy atom. The molecule has 5 aromatic rings. The summed E-state index contributed by atoms with van der Waals surface area (Å²) in [6, 6.07) is 10.5. The summed E-state index contributed by atoms with van der Waals surface area (Å²) in [6.07, 6.45) is -2.36. The molecule has 53 heavy (non-hydrogen) atoms. The van der Waals surface area contributed by atoms with Crippen molar-refractivity contribution < 1.29 is 32.2 Å². The van der Waals surface area contributed by atoms with E-state index >= 15 is 0 Å². The highest BCUT2D eigenvalue weighted by molar-refractivity contribution is 6.08. The van der Waals surface area contributed by atoms with Crippen LogP contribution in [0.2, 0.25) is 0 Å². The van der Waals surface area contributed by atoms with Crippen LogP contribution in [0.3, 0.4) is 0 Å². The summed E-state index contributed by atoms with van der Waals surface area (Å²) in [4.78, 5) is 52.6. The number of ether oxygens (including phenoxy) is 2. The van der Waals surface area contributed by atoms with Gasteiger partial charge < -0.3 is 19.4 Å². The van der Waals surface area contributed by atoms with Crippen LogP contribution in [0.15, 0.2) is 66.0 Å². The van der Waals surface area contributed by atoms with Gasteiger partial charge in [-0.05, 0) is 89.8 Å². The van der Waals surface area contributed by atoms with Crippen LogP contribution in [0.5, 0.6) is 0 Å². The maximum absolute atomic E-state index is 13.2. The van der Waals surface area contributed by atoms with Crippen LogP contribution in [0, 0.1) is 13.8 Å². The summed E-state index contributed by atoms with van der Waals surface area (Å²) in [5.74, 6) is 0.589. The van der Waals surface area contributed by atoms with Gasteiger partial charge in [0.2, 0.25) is 0 Å². The lowest BCUT2D eigenvalue weighted by atomic mass is 10.1. The first-order valence-corrected chi connectivity index (χ1v) is 16.7. The Morgan fingerprint density at radius 3 is 2.02 bits per heavy atom. The van der Waals surface area contributed by atoms with Gasteiger partial charge in [-0.1, -0.05) is 24.3 Å². The van der Waals surface area contributed by atoms with Crippen molar-refractivity contribution in [2.75, 3.05) is 10.2 Å². The number of nitrogens with one attached hydrogen (secondary N) is 1. The van der Waals surface area contributed by atoms with E-state index in [0.717, 1.165) is 44.5 Å². The highest BCUT2D eigenvalue weighted by Gasteiger charge is 2.34. The zero-order valence-electron chi connectivity index (χ0n) is 30.7. The Hall–Kier alpha value is -5.80. The minimum atomic E-state index is -4.55. The Morgan fingerprint density at radius 1 is 0.849 bits per heavy atom. The van der Waals surface area contributed by atoms with E-state index < -0.39 is 40.7 Å². The van der Waals surface area contributed by atoms with E-state index in [1.54, 1.807) is 77.5 Å². The summed E-state index contributed by atoms with van der Waals surface area (Å²) in [5.41, 5.74) is 0.951. The molecule has 4 heterocycles. The van der Waals surface area contributed by atoms with E-state index in [-0.39, 0.29) is 12.4 Å². The largest absolute Gasteiger partial charge is 0.443 e. The summed E-state index contributed by atoms with van der Waals surface area (Å²) in [7, 11) is 0. The maximum Gasteiger partial charge on any atom is 0.425 e. The molecule has 0 unspecified atom stereocenters. The van der Waals surface area contributed by atoms with Crippen molar-refractivity contribution in [3.8, 4) is 0 Å². The Kier molecular flexibility index (Phi) is 10.6. The molecular formula is C37H41F3N8O5. The number of carbonyl (C=O) groups excluding carboxylic acids is 2. The molecule has 16 heteroatoms. The van der Waals surface area contributed by atoms with Gasteiger partial charge in [0.05, 0.1) is 24.0 Å². The lowest BCUT2D eigenvalue weighted by molar-refractivity contribution is -0.138. The summed E-state index contributed by atoms with van der Waals surface area (Å²) in [5, 5.41) is 8.56. The van der Waals surface area contributed by atoms with Crippen molar-refractivity contribution in [2.24, 2.45) is 0 Å². The van der Waals surface area contributed by atoms with Crippen molar-refractivity contribution in [1.29, 1.82) is 0 Å². The number of hydrogen-bond donors (Lipinski definition) is 1. The number of fused-ring (bicyclic) bond motifs is 1. The van der Waals surface area contributed by atoms with Gasteiger partial charge in [0.1, 0.15) is 29.2 Å². The van der Waals surface area contributed by atoms with Gasteiger partial charge in [-0.25, -0.2) is 24.5 Å². The SMILES string of the molecule is Cc1cc(N(C(=O)OC(C)(C)C)C(=O)OC(C)(C)C)nc(C)c1CNc1ncnc2nn(Cc3ccc(Cn4cc(C(F)(F)F)ccc4=O)cc3)cc12. The zero-order valence-corrected chi connectivity index (χ0v) is 30.7. The number of halogens is 3. The molecule has 0 saturated carbocycles. The predicted molar refractivity (Wildman–Crippen MR) is 192 cm³/mol. The number of amides is 2. The number of aryl methyl sites for hydroxylation is 2. The fraction of sp³-hybridized carbons (Fsp3) is 0.378. The van der Waals surface area contributed by atoms with Gasteiger partial charge in [0.15, 0.2) is 5.65 Å². The number of hydrogen-bond acceptors (Lipinski definition) is 10. The maximum atomic E-state index is 13.2. The zero-order chi connectivity index (χ0) is 38.9. The molecule has 0 saturated heterocycles. The average molecular weight is 735 g/mol. The lowest BCUT2D eigenvalue weighted by Crippen LogP contribution is -2.44. The number of aromatic nitrogens is 6. The molecule has 5 rings (SSSR count). The van der Waals surface area contributed by atoms with Crippen LogP contribution in [0.1, 0.15) is 75.1 Å². The molecule has 1 N–H and O–H groups in total. The minimum absolute atomic E-state index is 0.0117. The van der Waals surface area contributed by atoms with Crippen LogP contribution in [-0.4, -0.2) is 52.7 Å². The second kappa shape index (κ2) is 14.7. The van der Waals surface area contributed by atoms with Crippen LogP contribution >= 0.6 is 0 Å². The second-order valence-corrected chi connectivity index (χ2v) is 14.5. The highest BCUT2D eigenvalue weighted by atomic mass is 19.4. The molecule has 280 valence electrons. The van der Waals surface area contributed by atoms with E-state index in [1.165, 1.54) is 6.33 Å². The van der Waals surface area contributed by atoms with Crippen LogP contribution in [0.25, 0.3) is 11.0 Å². The van der Waals surface area contributed by atoms with Gasteiger partial charge >= 0.3 is 18.4 Å². The molecule has 4 aromatic heterocycles. The Bertz CT molecular complexity index is 2150. The number of imide groups is 1. The molecule has 0 aliphatic heterocycles. The number of benzene rings is 1. The molecular weight excluding hydrogens is 693 g/mol. The third-order valence-electron chi connectivity index (χ3n) is 7.75. The second-order valence-electron chi connectivity index (χ2n) is 14.5. The highest BCUT2D eigenvalue weighted by Crippen LogP contribution is 2.29. The predicted octanol–water partition coefficient (Wildman–Crippen LogP) is 7.40. The first-order chi connectivity index (χ1) is 24.7. The van der Waals surface area contributed by atoms with E-state index in [2.05, 4.69) is 25.4 Å². The summed E-state index contributed by atoms with van der Waals surface area (Å²) >= 11 is 0. The molecule has 0 aliphatic rings. The first-order valence-electron chi connectivity index (χ1n) is 16.7. The lowest BCUT2D eigenvalue weighted by Gasteiger charge is -2.28. The number of pyridine rings is 2. The smallest absolute Gasteiger partial charge is 0.425 e. The number of nitrogens with zero attached hydrogens (tertiary/aromatic N) is 7. The molecule has 0 fully saturated rings. The molecule has 0 bridgehead atoms. The van der Waals surface area contributed by atoms with Crippen molar-refractivity contribution in [3.63, 3.8) is 0 Å². The summed E-state index contributed by atoms with van der Waals surface area (Å²) < 4.78 is 53.2. The molecule has 13 nitrogen and oxygen atoms in total. The fourth-order valence-corrected chi connectivity index (χ4v) is 5.33. The first kappa shape index (κ1) is 38.4. The molecule has 2 amide bonds. The number of rotatable bonds is 8. The van der Waals surface area contributed by atoms with Gasteiger partial charge in [-0.15, -0.1) is 0 Å². The number of anilines is 2. The van der Waals surface area contributed by atoms with Crippen molar-refractivity contribution in [2.45, 2.75) is 92.4 Å². The summed E-state index contributed by atoms with van der Waals surface area (Å²) in [6.45, 7) is 14.5. The van der Waals surface area contributed by atoms with Gasteiger partial charge in [-0.3, -0.25) is 9.48 Å².